The largest absolute Gasteiger partial charge is 0.341 e. The third-order valence-electron chi connectivity index (χ3n) is 4.98. The van der Waals surface area contributed by atoms with Gasteiger partial charge in [0, 0.05) is 23.8 Å². The fourth-order valence-corrected chi connectivity index (χ4v) is 4.01. The van der Waals surface area contributed by atoms with Crippen LogP contribution in [0.25, 0.3) is 0 Å². The first-order chi connectivity index (χ1) is 8.42. The van der Waals surface area contributed by atoms with E-state index in [1.54, 1.807) is 0 Å². The van der Waals surface area contributed by atoms with Crippen LogP contribution in [-0.4, -0.2) is 28.7 Å². The number of carbonyl (C=O) groups is 1. The van der Waals surface area contributed by atoms with Crippen LogP contribution in [-0.2, 0) is 4.79 Å². The minimum absolute atomic E-state index is 0.195. The molecule has 1 amide bonds. The molecule has 2 aliphatic rings. The first-order valence-corrected chi connectivity index (χ1v) is 8.26. The molecule has 104 valence electrons. The van der Waals surface area contributed by atoms with Gasteiger partial charge in [0.25, 0.3) is 0 Å². The minimum atomic E-state index is 0.195. The number of nitrogens with zero attached hydrogens (tertiary/aromatic N) is 1. The smallest absolute Gasteiger partial charge is 0.226 e. The lowest BCUT2D eigenvalue weighted by Crippen LogP contribution is -2.49. The van der Waals surface area contributed by atoms with Gasteiger partial charge in [-0.1, -0.05) is 49.5 Å². The molecular formula is C15H26BrNO. The van der Waals surface area contributed by atoms with Gasteiger partial charge in [0.1, 0.15) is 0 Å². The van der Waals surface area contributed by atoms with Crippen LogP contribution in [0.2, 0.25) is 0 Å². The van der Waals surface area contributed by atoms with E-state index in [1.807, 2.05) is 0 Å². The topological polar surface area (TPSA) is 20.3 Å². The summed E-state index contributed by atoms with van der Waals surface area (Å²) < 4.78 is 0. The fourth-order valence-electron chi connectivity index (χ4n) is 3.39. The Labute approximate surface area is 120 Å². The maximum absolute atomic E-state index is 12.7. The molecule has 0 aromatic rings. The van der Waals surface area contributed by atoms with Crippen LogP contribution in [0.3, 0.4) is 0 Å². The zero-order valence-corrected chi connectivity index (χ0v) is 13.5. The van der Waals surface area contributed by atoms with Crippen molar-refractivity contribution in [3.8, 4) is 0 Å². The monoisotopic (exact) mass is 315 g/mol. The summed E-state index contributed by atoms with van der Waals surface area (Å²) in [4.78, 5) is 15.3. The molecule has 0 bridgehead atoms. The maximum atomic E-state index is 12.7. The summed E-state index contributed by atoms with van der Waals surface area (Å²) in [7, 11) is 0. The van der Waals surface area contributed by atoms with Crippen LogP contribution in [0, 0.1) is 17.3 Å². The Balaban J connectivity index is 2.02. The number of likely N-dealkylation sites (tertiary alicyclic amines) is 1. The molecule has 3 unspecified atom stereocenters. The molecule has 3 heteroatoms. The van der Waals surface area contributed by atoms with Gasteiger partial charge in [-0.25, -0.2) is 0 Å². The quantitative estimate of drug-likeness (QED) is 0.673. The molecule has 0 radical (unpaired) electrons. The van der Waals surface area contributed by atoms with Crippen LogP contribution in [0.4, 0.5) is 0 Å². The van der Waals surface area contributed by atoms with Gasteiger partial charge in [-0.05, 0) is 30.6 Å². The molecule has 3 atom stereocenters. The van der Waals surface area contributed by atoms with E-state index < -0.39 is 0 Å². The van der Waals surface area contributed by atoms with Crippen molar-refractivity contribution < 1.29 is 4.79 Å². The van der Waals surface area contributed by atoms with E-state index in [0.29, 0.717) is 16.7 Å². The zero-order valence-electron chi connectivity index (χ0n) is 11.9. The summed E-state index contributed by atoms with van der Waals surface area (Å²) >= 11 is 3.72. The average molecular weight is 316 g/mol. The van der Waals surface area contributed by atoms with Crippen LogP contribution in [0.15, 0.2) is 0 Å². The van der Waals surface area contributed by atoms with Crippen molar-refractivity contribution in [2.75, 3.05) is 13.1 Å². The van der Waals surface area contributed by atoms with Crippen molar-refractivity contribution in [2.24, 2.45) is 17.3 Å². The summed E-state index contributed by atoms with van der Waals surface area (Å²) in [5.74, 6) is 1.35. The van der Waals surface area contributed by atoms with Crippen LogP contribution >= 0.6 is 15.9 Å². The van der Waals surface area contributed by atoms with Gasteiger partial charge in [0.05, 0.1) is 0 Å². The number of hydrogen-bond acceptors (Lipinski definition) is 1. The highest BCUT2D eigenvalue weighted by molar-refractivity contribution is 9.09. The molecule has 2 fully saturated rings. The Kier molecular flexibility index (Phi) is 4.40. The molecule has 0 N–H and O–H groups in total. The van der Waals surface area contributed by atoms with E-state index in [2.05, 4.69) is 41.6 Å². The predicted octanol–water partition coefficient (Wildman–Crippen LogP) is 3.83. The molecule has 1 saturated heterocycles. The van der Waals surface area contributed by atoms with Crippen molar-refractivity contribution in [3.05, 3.63) is 0 Å². The number of alkyl halides is 1. The summed E-state index contributed by atoms with van der Waals surface area (Å²) in [6.07, 6.45) is 5.93. The van der Waals surface area contributed by atoms with E-state index in [-0.39, 0.29) is 11.3 Å². The summed E-state index contributed by atoms with van der Waals surface area (Å²) in [6.45, 7) is 8.66. The van der Waals surface area contributed by atoms with Crippen LogP contribution < -0.4 is 0 Å². The Morgan fingerprint density at radius 2 is 2.00 bits per heavy atom. The lowest BCUT2D eigenvalue weighted by molar-refractivity contribution is -0.142. The SMILES string of the molecule is CC1CCN(C(=O)C2CCCCC2(C)C)CC1Br. The molecule has 0 spiro atoms. The fraction of sp³-hybridized carbons (Fsp3) is 0.933. The average Bonchev–Trinajstić information content (AvgIpc) is 2.31. The number of amides is 1. The second-order valence-corrected chi connectivity index (χ2v) is 8.03. The molecule has 0 aromatic carbocycles. The number of hydrogen-bond donors (Lipinski definition) is 0. The first kappa shape index (κ1) is 14.4. The summed E-state index contributed by atoms with van der Waals surface area (Å²) in [6, 6.07) is 0. The molecule has 1 heterocycles. The zero-order chi connectivity index (χ0) is 13.3. The van der Waals surface area contributed by atoms with E-state index in [0.717, 1.165) is 25.9 Å². The van der Waals surface area contributed by atoms with Gasteiger partial charge in [0.15, 0.2) is 0 Å². The maximum Gasteiger partial charge on any atom is 0.226 e. The highest BCUT2D eigenvalue weighted by Gasteiger charge is 2.40. The second-order valence-electron chi connectivity index (χ2n) is 6.85. The molecule has 1 saturated carbocycles. The molecular weight excluding hydrogens is 290 g/mol. The van der Waals surface area contributed by atoms with E-state index in [9.17, 15) is 4.79 Å². The standard InChI is InChI=1S/C15H26BrNO/c1-11-7-9-17(10-13(11)16)14(18)12-6-4-5-8-15(12,2)3/h11-13H,4-10H2,1-3H3. The number of halogens is 1. The Morgan fingerprint density at radius 3 is 2.61 bits per heavy atom. The predicted molar refractivity (Wildman–Crippen MR) is 78.8 cm³/mol. The third-order valence-corrected chi connectivity index (χ3v) is 6.18. The van der Waals surface area contributed by atoms with Crippen molar-refractivity contribution in [1.82, 2.24) is 4.90 Å². The molecule has 2 rings (SSSR count). The molecule has 18 heavy (non-hydrogen) atoms. The van der Waals surface area contributed by atoms with Gasteiger partial charge in [0.2, 0.25) is 5.91 Å². The van der Waals surface area contributed by atoms with Gasteiger partial charge in [-0.3, -0.25) is 4.79 Å². The molecule has 0 aromatic heterocycles. The molecule has 1 aliphatic heterocycles. The number of carbonyl (C=O) groups excluding carboxylic acids is 1. The Hall–Kier alpha value is -0.0500. The van der Waals surface area contributed by atoms with Crippen LogP contribution in [0.1, 0.15) is 52.9 Å². The number of rotatable bonds is 1. The molecule has 2 nitrogen and oxygen atoms in total. The van der Waals surface area contributed by atoms with E-state index in [1.165, 1.54) is 19.3 Å². The van der Waals surface area contributed by atoms with E-state index >= 15 is 0 Å². The lowest BCUT2D eigenvalue weighted by Gasteiger charge is -2.42. The van der Waals surface area contributed by atoms with Crippen molar-refractivity contribution in [3.63, 3.8) is 0 Å². The normalized spacial score (nSPS) is 36.4. The Bertz CT molecular complexity index is 316. The van der Waals surface area contributed by atoms with E-state index in [4.69, 9.17) is 0 Å². The highest BCUT2D eigenvalue weighted by atomic mass is 79.9. The van der Waals surface area contributed by atoms with Gasteiger partial charge < -0.3 is 4.90 Å². The van der Waals surface area contributed by atoms with Crippen LogP contribution in [0.5, 0.6) is 0 Å². The van der Waals surface area contributed by atoms with Gasteiger partial charge in [-0.15, -0.1) is 0 Å². The van der Waals surface area contributed by atoms with Crippen molar-refractivity contribution >= 4 is 21.8 Å². The lowest BCUT2D eigenvalue weighted by atomic mass is 9.68. The van der Waals surface area contributed by atoms with Gasteiger partial charge >= 0.3 is 0 Å². The Morgan fingerprint density at radius 1 is 1.28 bits per heavy atom. The van der Waals surface area contributed by atoms with Crippen molar-refractivity contribution in [2.45, 2.75) is 57.7 Å². The first-order valence-electron chi connectivity index (χ1n) is 7.34. The second kappa shape index (κ2) is 5.52. The molecule has 1 aliphatic carbocycles. The summed E-state index contributed by atoms with van der Waals surface area (Å²) in [5.41, 5.74) is 0.195. The summed E-state index contributed by atoms with van der Waals surface area (Å²) in [5, 5.41) is 0. The highest BCUT2D eigenvalue weighted by Crippen LogP contribution is 2.42. The number of piperidine rings is 1. The van der Waals surface area contributed by atoms with Gasteiger partial charge in [-0.2, -0.15) is 0 Å². The third kappa shape index (κ3) is 2.92. The van der Waals surface area contributed by atoms with Crippen molar-refractivity contribution in [1.29, 1.82) is 0 Å². The minimum Gasteiger partial charge on any atom is -0.341 e.